The van der Waals surface area contributed by atoms with Gasteiger partial charge in [0.2, 0.25) is 0 Å². The molecule has 19 heavy (non-hydrogen) atoms. The number of nitrogens with zero attached hydrogens (tertiary/aromatic N) is 1. The average molecular weight is 278 g/mol. The topological polar surface area (TPSA) is 29.3 Å². The van der Waals surface area contributed by atoms with Crippen molar-refractivity contribution in [2.24, 2.45) is 5.73 Å². The summed E-state index contributed by atoms with van der Waals surface area (Å²) in [6.45, 7) is 11.2. The van der Waals surface area contributed by atoms with E-state index < -0.39 is 0 Å². The third-order valence-corrected chi connectivity index (χ3v) is 4.96. The summed E-state index contributed by atoms with van der Waals surface area (Å²) in [4.78, 5) is 2.51. The van der Waals surface area contributed by atoms with Crippen LogP contribution < -0.4 is 10.6 Å². The van der Waals surface area contributed by atoms with Gasteiger partial charge < -0.3 is 10.6 Å². The summed E-state index contributed by atoms with van der Waals surface area (Å²) in [5, 5.41) is 0. The van der Waals surface area contributed by atoms with Crippen LogP contribution in [-0.4, -0.2) is 29.6 Å². The molecular weight excluding hydrogens is 252 g/mol. The van der Waals surface area contributed by atoms with Gasteiger partial charge in [-0.3, -0.25) is 0 Å². The van der Waals surface area contributed by atoms with Gasteiger partial charge in [0.25, 0.3) is 0 Å². The fourth-order valence-electron chi connectivity index (χ4n) is 2.69. The van der Waals surface area contributed by atoms with Crippen LogP contribution in [0.1, 0.15) is 31.9 Å². The van der Waals surface area contributed by atoms with E-state index in [1.807, 2.05) is 0 Å². The highest BCUT2D eigenvalue weighted by Crippen LogP contribution is 2.32. The fourth-order valence-corrected chi connectivity index (χ4v) is 3.80. The lowest BCUT2D eigenvalue weighted by Crippen LogP contribution is -2.43. The summed E-state index contributed by atoms with van der Waals surface area (Å²) >= 11 is 2.08. The van der Waals surface area contributed by atoms with Crippen molar-refractivity contribution in [3.8, 4) is 0 Å². The SMILES string of the molecule is Cc1cc(N2CCSC(C)(C)C2)ccc1CC(C)N. The van der Waals surface area contributed by atoms with E-state index in [4.69, 9.17) is 5.73 Å². The first-order valence-electron chi connectivity index (χ1n) is 7.11. The minimum atomic E-state index is 0.231. The van der Waals surface area contributed by atoms with E-state index in [0.29, 0.717) is 4.75 Å². The van der Waals surface area contributed by atoms with Crippen LogP contribution >= 0.6 is 11.8 Å². The quantitative estimate of drug-likeness (QED) is 0.920. The van der Waals surface area contributed by atoms with Crippen LogP contribution in [0.25, 0.3) is 0 Å². The Kier molecular flexibility index (Phi) is 4.46. The van der Waals surface area contributed by atoms with Crippen molar-refractivity contribution >= 4 is 17.4 Å². The third-order valence-electron chi connectivity index (χ3n) is 3.66. The largest absolute Gasteiger partial charge is 0.369 e. The molecule has 0 aromatic heterocycles. The molecule has 1 atom stereocenters. The molecule has 3 heteroatoms. The first kappa shape index (κ1) is 14.7. The highest BCUT2D eigenvalue weighted by molar-refractivity contribution is 8.00. The van der Waals surface area contributed by atoms with Crippen LogP contribution in [-0.2, 0) is 6.42 Å². The second kappa shape index (κ2) is 5.76. The van der Waals surface area contributed by atoms with Crippen molar-refractivity contribution in [1.29, 1.82) is 0 Å². The summed E-state index contributed by atoms with van der Waals surface area (Å²) < 4.78 is 0.358. The Bertz CT molecular complexity index is 440. The van der Waals surface area contributed by atoms with Crippen LogP contribution in [0.4, 0.5) is 5.69 Å². The number of hydrogen-bond donors (Lipinski definition) is 1. The smallest absolute Gasteiger partial charge is 0.0369 e. The standard InChI is InChI=1S/C16H26N2S/c1-12-9-15(6-5-14(12)10-13(2)17)18-7-8-19-16(3,4)11-18/h5-6,9,13H,7-8,10-11,17H2,1-4H3. The predicted molar refractivity (Wildman–Crippen MR) is 87.3 cm³/mol. The lowest BCUT2D eigenvalue weighted by atomic mass is 10.0. The first-order valence-corrected chi connectivity index (χ1v) is 8.10. The molecule has 0 aliphatic carbocycles. The van der Waals surface area contributed by atoms with E-state index in [9.17, 15) is 0 Å². The molecule has 1 aliphatic rings. The molecule has 1 fully saturated rings. The van der Waals surface area contributed by atoms with Gasteiger partial charge in [0.1, 0.15) is 0 Å². The fraction of sp³-hybridized carbons (Fsp3) is 0.625. The van der Waals surface area contributed by atoms with Gasteiger partial charge in [-0.25, -0.2) is 0 Å². The normalized spacial score (nSPS) is 20.4. The Hall–Kier alpha value is -0.670. The summed E-state index contributed by atoms with van der Waals surface area (Å²) in [7, 11) is 0. The van der Waals surface area contributed by atoms with Gasteiger partial charge in [-0.2, -0.15) is 11.8 Å². The molecule has 2 nitrogen and oxygen atoms in total. The molecule has 0 bridgehead atoms. The monoisotopic (exact) mass is 278 g/mol. The summed E-state index contributed by atoms with van der Waals surface area (Å²) in [6, 6.07) is 7.07. The van der Waals surface area contributed by atoms with Crippen LogP contribution in [0.3, 0.4) is 0 Å². The Balaban J connectivity index is 2.15. The molecule has 0 radical (unpaired) electrons. The molecule has 2 N–H and O–H groups in total. The van der Waals surface area contributed by atoms with E-state index >= 15 is 0 Å². The molecule has 0 amide bonds. The zero-order valence-electron chi connectivity index (χ0n) is 12.6. The summed E-state index contributed by atoms with van der Waals surface area (Å²) in [5.74, 6) is 1.22. The van der Waals surface area contributed by atoms with Crippen LogP contribution in [0.5, 0.6) is 0 Å². The number of rotatable bonds is 3. The molecule has 1 unspecified atom stereocenters. The number of thioether (sulfide) groups is 1. The minimum absolute atomic E-state index is 0.231. The zero-order valence-corrected chi connectivity index (χ0v) is 13.4. The van der Waals surface area contributed by atoms with Gasteiger partial charge in [0.15, 0.2) is 0 Å². The van der Waals surface area contributed by atoms with Crippen LogP contribution in [0.15, 0.2) is 18.2 Å². The van der Waals surface area contributed by atoms with Crippen molar-refractivity contribution in [1.82, 2.24) is 0 Å². The average Bonchev–Trinajstić information content (AvgIpc) is 2.30. The molecular formula is C16H26N2S. The highest BCUT2D eigenvalue weighted by Gasteiger charge is 2.27. The number of hydrogen-bond acceptors (Lipinski definition) is 3. The van der Waals surface area contributed by atoms with Crippen molar-refractivity contribution < 1.29 is 0 Å². The third kappa shape index (κ3) is 3.90. The summed E-state index contributed by atoms with van der Waals surface area (Å²) in [5.41, 5.74) is 10.0. The predicted octanol–water partition coefficient (Wildman–Crippen LogP) is 3.22. The van der Waals surface area contributed by atoms with E-state index in [2.05, 4.69) is 62.6 Å². The van der Waals surface area contributed by atoms with Gasteiger partial charge in [0.05, 0.1) is 0 Å². The van der Waals surface area contributed by atoms with Gasteiger partial charge in [-0.05, 0) is 57.4 Å². The van der Waals surface area contributed by atoms with Gasteiger partial charge in [0, 0.05) is 35.3 Å². The Morgan fingerprint density at radius 2 is 2.16 bits per heavy atom. The molecule has 0 spiro atoms. The highest BCUT2D eigenvalue weighted by atomic mass is 32.2. The van der Waals surface area contributed by atoms with Crippen molar-refractivity contribution in [2.75, 3.05) is 23.7 Å². The second-order valence-corrected chi connectivity index (χ2v) is 8.12. The molecule has 1 heterocycles. The Morgan fingerprint density at radius 3 is 2.74 bits per heavy atom. The van der Waals surface area contributed by atoms with E-state index in [1.165, 1.54) is 22.6 Å². The lowest BCUT2D eigenvalue weighted by Gasteiger charge is -2.39. The second-order valence-electron chi connectivity index (χ2n) is 6.32. The van der Waals surface area contributed by atoms with Crippen molar-refractivity contribution in [3.63, 3.8) is 0 Å². The minimum Gasteiger partial charge on any atom is -0.369 e. The molecule has 1 aromatic carbocycles. The molecule has 106 valence electrons. The maximum atomic E-state index is 5.90. The zero-order chi connectivity index (χ0) is 14.0. The maximum Gasteiger partial charge on any atom is 0.0369 e. The molecule has 1 aromatic rings. The lowest BCUT2D eigenvalue weighted by molar-refractivity contribution is 0.647. The molecule has 2 rings (SSSR count). The number of aryl methyl sites for hydroxylation is 1. The van der Waals surface area contributed by atoms with Crippen molar-refractivity contribution in [2.45, 2.75) is 44.9 Å². The Morgan fingerprint density at radius 1 is 1.42 bits per heavy atom. The number of benzene rings is 1. The number of anilines is 1. The maximum absolute atomic E-state index is 5.90. The molecule has 1 saturated heterocycles. The van der Waals surface area contributed by atoms with E-state index in [-0.39, 0.29) is 6.04 Å². The van der Waals surface area contributed by atoms with Gasteiger partial charge >= 0.3 is 0 Å². The molecule has 0 saturated carbocycles. The van der Waals surface area contributed by atoms with Gasteiger partial charge in [-0.15, -0.1) is 0 Å². The van der Waals surface area contributed by atoms with Gasteiger partial charge in [-0.1, -0.05) is 6.07 Å². The van der Waals surface area contributed by atoms with E-state index in [1.54, 1.807) is 0 Å². The Labute approximate surface area is 121 Å². The van der Waals surface area contributed by atoms with Crippen LogP contribution in [0, 0.1) is 6.92 Å². The van der Waals surface area contributed by atoms with Crippen molar-refractivity contribution in [3.05, 3.63) is 29.3 Å². The summed E-state index contributed by atoms with van der Waals surface area (Å²) in [6.07, 6.45) is 0.966. The first-order chi connectivity index (χ1) is 8.87. The van der Waals surface area contributed by atoms with E-state index in [0.717, 1.165) is 19.5 Å². The van der Waals surface area contributed by atoms with Crippen LogP contribution in [0.2, 0.25) is 0 Å². The number of nitrogens with two attached hydrogens (primary N) is 1. The molecule has 1 aliphatic heterocycles.